The Hall–Kier alpha value is -4.13. The van der Waals surface area contributed by atoms with E-state index in [2.05, 4.69) is 43.3 Å². The Morgan fingerprint density at radius 1 is 1.39 bits per heavy atom. The maximum atomic E-state index is 13.6. The van der Waals surface area contributed by atoms with Crippen molar-refractivity contribution in [1.82, 2.24) is 24.8 Å². The van der Waals surface area contributed by atoms with E-state index in [1.165, 1.54) is 24.5 Å². The first-order valence-electron chi connectivity index (χ1n) is 9.29. The normalized spacial score (nSPS) is 14.5. The average Bonchev–Trinajstić information content (AvgIpc) is 3.41. The van der Waals surface area contributed by atoms with E-state index in [0.717, 1.165) is 11.8 Å². The SMILES string of the molecule is C=CC(=O)N1CCC(=Nc2ncnc3nc(C#CCOc4cccc(F)c4F)[nH]c23)C1. The minimum absolute atomic E-state index is 0.141. The zero-order valence-corrected chi connectivity index (χ0v) is 16.2. The maximum Gasteiger partial charge on any atom is 0.246 e. The summed E-state index contributed by atoms with van der Waals surface area (Å²) in [5.41, 5.74) is 1.70. The number of nitrogens with zero attached hydrogens (tertiary/aromatic N) is 5. The fourth-order valence-electron chi connectivity index (χ4n) is 2.99. The van der Waals surface area contributed by atoms with Crippen molar-refractivity contribution in [1.29, 1.82) is 0 Å². The minimum Gasteiger partial charge on any atom is -0.478 e. The van der Waals surface area contributed by atoms with Gasteiger partial charge in [-0.05, 0) is 24.1 Å². The number of aromatic nitrogens is 4. The molecule has 10 heteroatoms. The molecule has 1 amide bonds. The molecular weight excluding hydrogens is 406 g/mol. The first-order chi connectivity index (χ1) is 15.0. The first-order valence-corrected chi connectivity index (χ1v) is 9.29. The first kappa shape index (κ1) is 20.2. The van der Waals surface area contributed by atoms with E-state index in [1.54, 1.807) is 4.90 Å². The molecular formula is C21H16F2N6O2. The van der Waals surface area contributed by atoms with Crippen LogP contribution in [0.25, 0.3) is 11.2 Å². The van der Waals surface area contributed by atoms with Gasteiger partial charge in [0, 0.05) is 18.7 Å². The molecule has 1 saturated heterocycles. The zero-order chi connectivity index (χ0) is 21.8. The smallest absolute Gasteiger partial charge is 0.246 e. The predicted molar refractivity (Wildman–Crippen MR) is 109 cm³/mol. The average molecular weight is 422 g/mol. The largest absolute Gasteiger partial charge is 0.478 e. The third kappa shape index (κ3) is 4.40. The van der Waals surface area contributed by atoms with Crippen molar-refractivity contribution in [3.8, 4) is 17.6 Å². The highest BCUT2D eigenvalue weighted by Crippen LogP contribution is 2.21. The number of fused-ring (bicyclic) bond motifs is 1. The number of ether oxygens (including phenoxy) is 1. The summed E-state index contributed by atoms with van der Waals surface area (Å²) in [5.74, 6) is 3.72. The fraction of sp³-hybridized carbons (Fsp3) is 0.190. The van der Waals surface area contributed by atoms with E-state index in [0.29, 0.717) is 42.3 Å². The lowest BCUT2D eigenvalue weighted by atomic mass is 10.3. The van der Waals surface area contributed by atoms with Crippen LogP contribution in [0.15, 0.2) is 42.2 Å². The fourth-order valence-corrected chi connectivity index (χ4v) is 2.99. The van der Waals surface area contributed by atoms with Crippen molar-refractivity contribution in [3.05, 3.63) is 54.6 Å². The number of halogens is 2. The monoisotopic (exact) mass is 422 g/mol. The number of likely N-dealkylation sites (tertiary alicyclic amines) is 1. The second kappa shape index (κ2) is 8.71. The number of aromatic amines is 1. The van der Waals surface area contributed by atoms with Crippen LogP contribution in [0.3, 0.4) is 0 Å². The molecule has 0 bridgehead atoms. The third-order valence-corrected chi connectivity index (χ3v) is 4.49. The highest BCUT2D eigenvalue weighted by molar-refractivity contribution is 5.98. The summed E-state index contributed by atoms with van der Waals surface area (Å²) in [7, 11) is 0. The Morgan fingerprint density at radius 2 is 2.26 bits per heavy atom. The number of hydrogen-bond acceptors (Lipinski definition) is 6. The van der Waals surface area contributed by atoms with Crippen LogP contribution in [0.2, 0.25) is 0 Å². The molecule has 1 N–H and O–H groups in total. The molecule has 1 fully saturated rings. The van der Waals surface area contributed by atoms with Crippen molar-refractivity contribution in [3.63, 3.8) is 0 Å². The predicted octanol–water partition coefficient (Wildman–Crippen LogP) is 2.55. The van der Waals surface area contributed by atoms with Gasteiger partial charge in [-0.3, -0.25) is 4.79 Å². The van der Waals surface area contributed by atoms with Gasteiger partial charge in [-0.2, -0.15) is 4.39 Å². The summed E-state index contributed by atoms with van der Waals surface area (Å²) < 4.78 is 31.9. The number of hydrogen-bond donors (Lipinski definition) is 1. The quantitative estimate of drug-likeness (QED) is 0.515. The van der Waals surface area contributed by atoms with E-state index in [1.807, 2.05) is 0 Å². The number of carbonyl (C=O) groups excluding carboxylic acids is 1. The summed E-state index contributed by atoms with van der Waals surface area (Å²) in [6.07, 6.45) is 3.26. The summed E-state index contributed by atoms with van der Waals surface area (Å²) in [5, 5.41) is 0. The standard InChI is InChI=1S/C21H16F2N6O2/c1-2-17(30)29-9-8-13(11-29)26-20-19-21(25-12-24-20)28-16(27-19)7-4-10-31-15-6-3-5-14(22)18(15)23/h2-3,5-6,12H,1,8-11H2,(H,24,25,27,28). The number of H-pyrrole nitrogens is 1. The van der Waals surface area contributed by atoms with Crippen molar-refractivity contribution in [2.24, 2.45) is 4.99 Å². The number of rotatable bonds is 4. The molecule has 0 aliphatic carbocycles. The molecule has 2 aromatic heterocycles. The van der Waals surface area contributed by atoms with E-state index >= 15 is 0 Å². The van der Waals surface area contributed by atoms with Crippen molar-refractivity contribution in [2.75, 3.05) is 19.7 Å². The lowest BCUT2D eigenvalue weighted by Gasteiger charge is -2.10. The molecule has 1 aliphatic rings. The van der Waals surface area contributed by atoms with Gasteiger partial charge >= 0.3 is 0 Å². The zero-order valence-electron chi connectivity index (χ0n) is 16.2. The van der Waals surface area contributed by atoms with E-state index < -0.39 is 11.6 Å². The summed E-state index contributed by atoms with van der Waals surface area (Å²) in [6, 6.07) is 3.67. The highest BCUT2D eigenvalue weighted by Gasteiger charge is 2.21. The highest BCUT2D eigenvalue weighted by atomic mass is 19.2. The van der Waals surface area contributed by atoms with Gasteiger partial charge in [-0.15, -0.1) is 0 Å². The Bertz CT molecular complexity index is 1260. The van der Waals surface area contributed by atoms with Crippen LogP contribution in [-0.4, -0.2) is 56.2 Å². The summed E-state index contributed by atoms with van der Waals surface area (Å²) >= 11 is 0. The second-order valence-electron chi connectivity index (χ2n) is 6.52. The molecule has 4 rings (SSSR count). The van der Waals surface area contributed by atoms with Crippen molar-refractivity contribution < 1.29 is 18.3 Å². The van der Waals surface area contributed by atoms with Gasteiger partial charge in [0.25, 0.3) is 0 Å². The molecule has 0 saturated carbocycles. The van der Waals surface area contributed by atoms with Crippen molar-refractivity contribution >= 4 is 28.6 Å². The molecule has 156 valence electrons. The van der Waals surface area contributed by atoms with E-state index in [9.17, 15) is 13.6 Å². The number of benzene rings is 1. The van der Waals surface area contributed by atoms with Crippen LogP contribution in [0.5, 0.6) is 5.75 Å². The minimum atomic E-state index is -1.06. The van der Waals surface area contributed by atoms with Crippen LogP contribution in [0.4, 0.5) is 14.6 Å². The van der Waals surface area contributed by atoms with E-state index in [-0.39, 0.29) is 18.3 Å². The van der Waals surface area contributed by atoms with Crippen LogP contribution in [0.1, 0.15) is 12.2 Å². The topological polar surface area (TPSA) is 96.4 Å². The lowest BCUT2D eigenvalue weighted by Crippen LogP contribution is -2.26. The second-order valence-corrected chi connectivity index (χ2v) is 6.52. The van der Waals surface area contributed by atoms with Gasteiger partial charge in [0.2, 0.25) is 11.7 Å². The number of aliphatic imine (C=N–C) groups is 1. The molecule has 3 heterocycles. The van der Waals surface area contributed by atoms with Gasteiger partial charge in [-0.1, -0.05) is 18.6 Å². The van der Waals surface area contributed by atoms with Crippen LogP contribution in [0, 0.1) is 23.5 Å². The Morgan fingerprint density at radius 3 is 3.10 bits per heavy atom. The Balaban J connectivity index is 1.49. The third-order valence-electron chi connectivity index (χ3n) is 4.49. The Labute approximate surface area is 175 Å². The van der Waals surface area contributed by atoms with E-state index in [4.69, 9.17) is 4.74 Å². The molecule has 3 aromatic rings. The lowest BCUT2D eigenvalue weighted by molar-refractivity contribution is -0.124. The number of nitrogens with one attached hydrogen (secondary N) is 1. The molecule has 0 unspecified atom stereocenters. The van der Waals surface area contributed by atoms with Gasteiger partial charge < -0.3 is 14.6 Å². The number of imidazole rings is 1. The molecule has 0 atom stereocenters. The molecule has 8 nitrogen and oxygen atoms in total. The molecule has 0 spiro atoms. The summed E-state index contributed by atoms with van der Waals surface area (Å²) in [4.78, 5) is 33.5. The Kier molecular flexibility index (Phi) is 5.66. The van der Waals surface area contributed by atoms with Crippen LogP contribution < -0.4 is 4.74 Å². The molecule has 31 heavy (non-hydrogen) atoms. The van der Waals surface area contributed by atoms with Gasteiger partial charge in [-0.25, -0.2) is 24.3 Å². The number of amides is 1. The van der Waals surface area contributed by atoms with Crippen LogP contribution >= 0.6 is 0 Å². The molecule has 0 radical (unpaired) electrons. The van der Waals surface area contributed by atoms with Gasteiger partial charge in [0.15, 0.2) is 28.9 Å². The maximum absolute atomic E-state index is 13.6. The van der Waals surface area contributed by atoms with Gasteiger partial charge in [0.1, 0.15) is 18.5 Å². The van der Waals surface area contributed by atoms with Crippen LogP contribution in [-0.2, 0) is 4.79 Å². The summed E-state index contributed by atoms with van der Waals surface area (Å²) in [6.45, 7) is 4.31. The van der Waals surface area contributed by atoms with Crippen molar-refractivity contribution in [2.45, 2.75) is 6.42 Å². The molecule has 1 aromatic carbocycles. The van der Waals surface area contributed by atoms with Gasteiger partial charge in [0.05, 0.1) is 6.54 Å². The molecule has 1 aliphatic heterocycles. The number of carbonyl (C=O) groups is 1.